The average molecular weight is 528 g/mol. The van der Waals surface area contributed by atoms with Crippen LogP contribution >= 0.6 is 22.9 Å². The molecular weight excluding hydrogens is 502 g/mol. The first-order valence-corrected chi connectivity index (χ1v) is 13.1. The number of amides is 2. The third-order valence-corrected chi connectivity index (χ3v) is 8.14. The summed E-state index contributed by atoms with van der Waals surface area (Å²) in [5, 5.41) is 15.1. The van der Waals surface area contributed by atoms with Crippen molar-refractivity contribution in [3.63, 3.8) is 0 Å². The molecule has 0 spiro atoms. The number of aliphatic imine (C=N–C) groups is 1. The number of carbonyl (C=O) groups is 2. The molecule has 3 aliphatic rings. The number of thiophene rings is 1. The molecule has 2 N–H and O–H groups in total. The second-order valence-electron chi connectivity index (χ2n) is 9.15. The number of nitrogens with one attached hydrogen (secondary N) is 2. The van der Waals surface area contributed by atoms with Crippen LogP contribution in [0.5, 0.6) is 0 Å². The van der Waals surface area contributed by atoms with Crippen LogP contribution in [0.2, 0.25) is 4.34 Å². The van der Waals surface area contributed by atoms with Crippen molar-refractivity contribution in [3.8, 4) is 6.19 Å². The van der Waals surface area contributed by atoms with Gasteiger partial charge in [-0.3, -0.25) is 9.59 Å². The number of nitrogens with zero attached hydrogens (tertiary/aromatic N) is 3. The molecule has 0 saturated carbocycles. The van der Waals surface area contributed by atoms with Crippen molar-refractivity contribution in [2.75, 3.05) is 30.0 Å². The van der Waals surface area contributed by atoms with Crippen LogP contribution in [-0.4, -0.2) is 55.2 Å². The number of benzene rings is 1. The Hall–Kier alpha value is -2.97. The van der Waals surface area contributed by atoms with E-state index in [4.69, 9.17) is 26.3 Å². The maximum atomic E-state index is 13.7. The molecular formula is C25H26ClN5O4S. The number of hydrogen-bond donors (Lipinski definition) is 2. The summed E-state index contributed by atoms with van der Waals surface area (Å²) >= 11 is 7.18. The number of anilines is 2. The number of amidine groups is 1. The first-order valence-electron chi connectivity index (χ1n) is 11.9. The highest BCUT2D eigenvalue weighted by atomic mass is 35.5. The summed E-state index contributed by atoms with van der Waals surface area (Å²) < 4.78 is 12.1. The molecule has 3 saturated heterocycles. The van der Waals surface area contributed by atoms with Gasteiger partial charge in [0.05, 0.1) is 34.6 Å². The van der Waals surface area contributed by atoms with Gasteiger partial charge in [0.25, 0.3) is 11.8 Å². The first kappa shape index (κ1) is 24.7. The highest BCUT2D eigenvalue weighted by Crippen LogP contribution is 2.43. The smallest absolute Gasteiger partial charge is 0.262 e. The highest BCUT2D eigenvalue weighted by Gasteiger charge is 2.58. The largest absolute Gasteiger partial charge is 0.379 e. The number of fused-ring (bicyclic) bond motifs is 2. The van der Waals surface area contributed by atoms with E-state index in [1.807, 2.05) is 36.2 Å². The van der Waals surface area contributed by atoms with Crippen molar-refractivity contribution in [3.05, 3.63) is 45.1 Å². The fourth-order valence-corrected chi connectivity index (χ4v) is 6.17. The second-order valence-corrected chi connectivity index (χ2v) is 10.9. The number of halogens is 1. The van der Waals surface area contributed by atoms with Gasteiger partial charge < -0.3 is 25.0 Å². The summed E-state index contributed by atoms with van der Waals surface area (Å²) in [7, 11) is 0. The van der Waals surface area contributed by atoms with Gasteiger partial charge in [-0.05, 0) is 55.7 Å². The Labute approximate surface area is 218 Å². The predicted octanol–water partition coefficient (Wildman–Crippen LogP) is 3.87. The Bertz CT molecular complexity index is 1260. The molecule has 188 valence electrons. The lowest BCUT2D eigenvalue weighted by atomic mass is 9.80. The van der Waals surface area contributed by atoms with Crippen LogP contribution in [0.4, 0.5) is 11.4 Å². The first-order chi connectivity index (χ1) is 17.4. The van der Waals surface area contributed by atoms with Crippen LogP contribution in [0.1, 0.15) is 40.9 Å². The lowest BCUT2D eigenvalue weighted by Gasteiger charge is -2.34. The van der Waals surface area contributed by atoms with Crippen LogP contribution in [0, 0.1) is 18.4 Å². The third kappa shape index (κ3) is 4.72. The fourth-order valence-electron chi connectivity index (χ4n) is 5.23. The van der Waals surface area contributed by atoms with Crippen LogP contribution in [0.3, 0.4) is 0 Å². The van der Waals surface area contributed by atoms with E-state index in [9.17, 15) is 9.59 Å². The Kier molecular flexibility index (Phi) is 6.99. The van der Waals surface area contributed by atoms with Gasteiger partial charge in [-0.15, -0.1) is 11.3 Å². The van der Waals surface area contributed by atoms with E-state index in [-0.39, 0.29) is 24.0 Å². The zero-order valence-electron chi connectivity index (χ0n) is 19.8. The molecule has 3 atom stereocenters. The Balaban J connectivity index is 1.37. The lowest BCUT2D eigenvalue weighted by Crippen LogP contribution is -2.62. The molecule has 3 unspecified atom stereocenters. The molecule has 0 aliphatic carbocycles. The van der Waals surface area contributed by atoms with Crippen molar-refractivity contribution in [2.45, 2.75) is 50.4 Å². The molecule has 4 heterocycles. The fraction of sp³-hybridized carbons (Fsp3) is 0.440. The Morgan fingerprint density at radius 3 is 2.81 bits per heavy atom. The minimum absolute atomic E-state index is 0.0554. The third-order valence-electron chi connectivity index (χ3n) is 6.91. The molecule has 1 aromatic carbocycles. The molecule has 5 rings (SSSR count). The van der Waals surface area contributed by atoms with E-state index in [0.29, 0.717) is 59.8 Å². The maximum Gasteiger partial charge on any atom is 0.262 e. The topological polar surface area (TPSA) is 116 Å². The number of nitriles is 1. The van der Waals surface area contributed by atoms with Gasteiger partial charge in [0.15, 0.2) is 0 Å². The molecule has 0 radical (unpaired) electrons. The normalized spacial score (nSPS) is 26.5. The van der Waals surface area contributed by atoms with E-state index in [1.165, 1.54) is 11.3 Å². The molecule has 2 amide bonds. The van der Waals surface area contributed by atoms with Gasteiger partial charge in [0.2, 0.25) is 6.19 Å². The summed E-state index contributed by atoms with van der Waals surface area (Å²) in [6.45, 7) is 3.57. The quantitative estimate of drug-likeness (QED) is 0.570. The van der Waals surface area contributed by atoms with Gasteiger partial charge >= 0.3 is 0 Å². The zero-order chi connectivity index (χ0) is 25.3. The summed E-state index contributed by atoms with van der Waals surface area (Å²) in [4.78, 5) is 33.1. The Morgan fingerprint density at radius 1 is 1.28 bits per heavy atom. The van der Waals surface area contributed by atoms with Crippen LogP contribution in [-0.2, 0) is 14.3 Å². The molecule has 11 heteroatoms. The molecule has 9 nitrogen and oxygen atoms in total. The molecule has 36 heavy (non-hydrogen) atoms. The lowest BCUT2D eigenvalue weighted by molar-refractivity contribution is -0.124. The van der Waals surface area contributed by atoms with Crippen LogP contribution < -0.4 is 15.5 Å². The average Bonchev–Trinajstić information content (AvgIpc) is 3.54. The minimum atomic E-state index is -1.15. The number of hydrogen-bond acceptors (Lipinski definition) is 7. The van der Waals surface area contributed by atoms with Crippen molar-refractivity contribution in [2.24, 2.45) is 4.99 Å². The second kappa shape index (κ2) is 10.2. The maximum absolute atomic E-state index is 13.7. The minimum Gasteiger partial charge on any atom is -0.379 e. The van der Waals surface area contributed by atoms with Crippen LogP contribution in [0.15, 0.2) is 35.3 Å². The standard InChI is InChI=1S/C25H26ClN5O4S/c1-15-12-16(2-4-18(15)31-9-11-34-10-8-22(31)28-14-27)29-24(33)25(13-17-3-6-20(25)35-17)30-23(32)19-5-7-21(26)36-19/h2,4-5,7,12,17,20H,3,6,8-11,13H2,1H3,(H,29,33)(H,30,32). The van der Waals surface area contributed by atoms with E-state index < -0.39 is 5.54 Å². The van der Waals surface area contributed by atoms with Gasteiger partial charge in [0.1, 0.15) is 11.4 Å². The van der Waals surface area contributed by atoms with E-state index >= 15 is 0 Å². The van der Waals surface area contributed by atoms with Crippen molar-refractivity contribution >= 4 is 52.0 Å². The number of ether oxygens (including phenoxy) is 2. The molecule has 3 fully saturated rings. The number of carbonyl (C=O) groups excluding carboxylic acids is 2. The monoisotopic (exact) mass is 527 g/mol. The van der Waals surface area contributed by atoms with Crippen molar-refractivity contribution in [1.82, 2.24) is 5.32 Å². The van der Waals surface area contributed by atoms with Gasteiger partial charge in [-0.1, -0.05) is 11.6 Å². The SMILES string of the molecule is Cc1cc(NC(=O)C2(NC(=O)c3ccc(Cl)s3)CC3CCC2O3)ccc1N1CCOCCC1=NC#N. The van der Waals surface area contributed by atoms with Gasteiger partial charge in [0, 0.05) is 30.8 Å². The van der Waals surface area contributed by atoms with E-state index in [2.05, 4.69) is 15.6 Å². The van der Waals surface area contributed by atoms with Crippen LogP contribution in [0.25, 0.3) is 0 Å². The molecule has 2 bridgehead atoms. The highest BCUT2D eigenvalue weighted by molar-refractivity contribution is 7.18. The zero-order valence-corrected chi connectivity index (χ0v) is 21.3. The number of rotatable bonds is 5. The van der Waals surface area contributed by atoms with E-state index in [0.717, 1.165) is 17.7 Å². The van der Waals surface area contributed by atoms with Gasteiger partial charge in [-0.2, -0.15) is 10.3 Å². The molecule has 1 aromatic heterocycles. The predicted molar refractivity (Wildman–Crippen MR) is 138 cm³/mol. The number of aryl methyl sites for hydroxylation is 1. The molecule has 3 aliphatic heterocycles. The summed E-state index contributed by atoms with van der Waals surface area (Å²) in [6.07, 6.45) is 3.99. The summed E-state index contributed by atoms with van der Waals surface area (Å²) in [5.41, 5.74) is 1.27. The van der Waals surface area contributed by atoms with Gasteiger partial charge in [-0.25, -0.2) is 0 Å². The summed E-state index contributed by atoms with van der Waals surface area (Å²) in [6, 6.07) is 8.92. The molecule has 2 aromatic rings. The van der Waals surface area contributed by atoms with E-state index in [1.54, 1.807) is 12.1 Å². The van der Waals surface area contributed by atoms with Crippen molar-refractivity contribution < 1.29 is 19.1 Å². The Morgan fingerprint density at radius 2 is 2.14 bits per heavy atom. The van der Waals surface area contributed by atoms with Crippen molar-refractivity contribution in [1.29, 1.82) is 5.26 Å². The summed E-state index contributed by atoms with van der Waals surface area (Å²) in [5.74, 6) is 0.0227.